The second-order valence-corrected chi connectivity index (χ2v) is 8.66. The maximum absolute atomic E-state index is 13.1. The summed E-state index contributed by atoms with van der Waals surface area (Å²) in [4.78, 5) is 23.9. The third kappa shape index (κ3) is 3.92. The molecule has 5 rings (SSSR count). The summed E-state index contributed by atoms with van der Waals surface area (Å²) in [6.07, 6.45) is 7.82. The fourth-order valence-corrected chi connectivity index (χ4v) is 5.85. The van der Waals surface area contributed by atoms with Crippen LogP contribution in [0.25, 0.3) is 0 Å². The van der Waals surface area contributed by atoms with Gasteiger partial charge >= 0.3 is 5.97 Å². The minimum absolute atomic E-state index is 0.0278. The van der Waals surface area contributed by atoms with Crippen molar-refractivity contribution in [1.82, 2.24) is 5.32 Å². The largest absolute Gasteiger partial charge is 0.455 e. The SMILES string of the molecule is O=C(COC(=O)Cc1cccc(F)c1)NCC12CC3CC(CC(C3)C1)C2. The van der Waals surface area contributed by atoms with Crippen LogP contribution in [0.4, 0.5) is 4.39 Å². The van der Waals surface area contributed by atoms with Crippen molar-refractivity contribution < 1.29 is 18.7 Å². The Hall–Kier alpha value is -1.91. The van der Waals surface area contributed by atoms with Crippen molar-refractivity contribution in [3.05, 3.63) is 35.6 Å². The number of amides is 1. The Morgan fingerprint density at radius 3 is 2.38 bits per heavy atom. The lowest BCUT2D eigenvalue weighted by Crippen LogP contribution is -2.51. The van der Waals surface area contributed by atoms with E-state index in [1.807, 2.05) is 0 Å². The number of hydrogen-bond donors (Lipinski definition) is 1. The van der Waals surface area contributed by atoms with Crippen LogP contribution in [0.2, 0.25) is 0 Å². The van der Waals surface area contributed by atoms with E-state index in [-0.39, 0.29) is 30.2 Å². The molecule has 4 nitrogen and oxygen atoms in total. The van der Waals surface area contributed by atoms with Crippen LogP contribution < -0.4 is 5.32 Å². The minimum Gasteiger partial charge on any atom is -0.455 e. The lowest BCUT2D eigenvalue weighted by Gasteiger charge is -2.56. The molecule has 4 aliphatic rings. The molecule has 0 radical (unpaired) electrons. The second kappa shape index (κ2) is 7.01. The van der Waals surface area contributed by atoms with Crippen LogP contribution in [0.5, 0.6) is 0 Å². The van der Waals surface area contributed by atoms with Gasteiger partial charge in [0.15, 0.2) is 6.61 Å². The first-order valence-electron chi connectivity index (χ1n) is 9.66. The summed E-state index contributed by atoms with van der Waals surface area (Å²) in [5.74, 6) is 1.41. The Kier molecular flexibility index (Phi) is 4.72. The highest BCUT2D eigenvalue weighted by Crippen LogP contribution is 2.59. The van der Waals surface area contributed by atoms with Crippen LogP contribution >= 0.6 is 0 Å². The fourth-order valence-electron chi connectivity index (χ4n) is 5.85. The molecule has 140 valence electrons. The van der Waals surface area contributed by atoms with E-state index in [1.54, 1.807) is 12.1 Å². The number of carbonyl (C=O) groups is 2. The molecule has 0 aromatic heterocycles. The topological polar surface area (TPSA) is 55.4 Å². The standard InChI is InChI=1S/C21H26FNO3/c22-18-3-1-2-14(7-18)8-20(25)26-12-19(24)23-13-21-9-15-4-16(10-21)6-17(5-15)11-21/h1-3,7,15-17H,4-6,8-13H2,(H,23,24). The molecule has 1 aromatic carbocycles. The number of carbonyl (C=O) groups excluding carboxylic acids is 2. The Balaban J connectivity index is 1.21. The summed E-state index contributed by atoms with van der Waals surface area (Å²) in [5, 5.41) is 2.99. The van der Waals surface area contributed by atoms with Gasteiger partial charge in [-0.15, -0.1) is 0 Å². The molecule has 1 aromatic rings. The van der Waals surface area contributed by atoms with E-state index in [2.05, 4.69) is 5.32 Å². The monoisotopic (exact) mass is 359 g/mol. The third-order valence-electron chi connectivity index (χ3n) is 6.43. The van der Waals surface area contributed by atoms with E-state index >= 15 is 0 Å². The molecule has 0 spiro atoms. The zero-order valence-corrected chi connectivity index (χ0v) is 15.0. The summed E-state index contributed by atoms with van der Waals surface area (Å²) in [7, 11) is 0. The summed E-state index contributed by atoms with van der Waals surface area (Å²) in [5.41, 5.74) is 0.819. The zero-order chi connectivity index (χ0) is 18.1. The molecule has 26 heavy (non-hydrogen) atoms. The summed E-state index contributed by atoms with van der Waals surface area (Å²) in [6, 6.07) is 5.84. The zero-order valence-electron chi connectivity index (χ0n) is 15.0. The predicted molar refractivity (Wildman–Crippen MR) is 94.7 cm³/mol. The smallest absolute Gasteiger partial charge is 0.310 e. The van der Waals surface area contributed by atoms with E-state index in [4.69, 9.17) is 4.74 Å². The number of nitrogens with one attached hydrogen (secondary N) is 1. The number of halogens is 1. The predicted octanol–water partition coefficient (Wildman–Crippen LogP) is 3.24. The van der Waals surface area contributed by atoms with E-state index in [9.17, 15) is 14.0 Å². The van der Waals surface area contributed by atoms with Gasteiger partial charge in [0.25, 0.3) is 5.91 Å². The number of rotatable bonds is 6. The lowest BCUT2D eigenvalue weighted by molar-refractivity contribution is -0.148. The molecule has 4 bridgehead atoms. The van der Waals surface area contributed by atoms with Crippen molar-refractivity contribution in [3.8, 4) is 0 Å². The van der Waals surface area contributed by atoms with Gasteiger partial charge in [0.1, 0.15) is 5.82 Å². The van der Waals surface area contributed by atoms with Crippen LogP contribution in [0.1, 0.15) is 44.1 Å². The first-order valence-corrected chi connectivity index (χ1v) is 9.66. The highest BCUT2D eigenvalue weighted by Gasteiger charge is 2.50. The van der Waals surface area contributed by atoms with Gasteiger partial charge in [0.05, 0.1) is 6.42 Å². The van der Waals surface area contributed by atoms with Crippen molar-refractivity contribution in [2.24, 2.45) is 23.2 Å². The van der Waals surface area contributed by atoms with E-state index in [1.165, 1.54) is 50.7 Å². The Morgan fingerprint density at radius 2 is 1.77 bits per heavy atom. The molecule has 0 saturated heterocycles. The molecule has 1 N–H and O–H groups in total. The van der Waals surface area contributed by atoms with Gasteiger partial charge in [0.2, 0.25) is 0 Å². The normalized spacial score (nSPS) is 31.7. The summed E-state index contributed by atoms with van der Waals surface area (Å²) in [6.45, 7) is 0.442. The third-order valence-corrected chi connectivity index (χ3v) is 6.43. The Labute approximate surface area is 153 Å². The maximum atomic E-state index is 13.1. The van der Waals surface area contributed by atoms with Crippen LogP contribution in [-0.2, 0) is 20.7 Å². The minimum atomic E-state index is -0.513. The van der Waals surface area contributed by atoms with E-state index in [0.29, 0.717) is 12.1 Å². The van der Waals surface area contributed by atoms with Crippen LogP contribution in [0, 0.1) is 29.0 Å². The van der Waals surface area contributed by atoms with Crippen molar-refractivity contribution in [1.29, 1.82) is 0 Å². The maximum Gasteiger partial charge on any atom is 0.310 e. The average Bonchev–Trinajstić information content (AvgIpc) is 2.57. The average molecular weight is 359 g/mol. The molecule has 4 saturated carbocycles. The van der Waals surface area contributed by atoms with Gasteiger partial charge in [-0.25, -0.2) is 4.39 Å². The fraction of sp³-hybridized carbons (Fsp3) is 0.619. The Morgan fingerprint density at radius 1 is 1.12 bits per heavy atom. The number of hydrogen-bond acceptors (Lipinski definition) is 3. The van der Waals surface area contributed by atoms with Gasteiger partial charge in [-0.05, 0) is 79.4 Å². The number of benzene rings is 1. The van der Waals surface area contributed by atoms with E-state index < -0.39 is 5.97 Å². The van der Waals surface area contributed by atoms with Gasteiger partial charge < -0.3 is 10.1 Å². The van der Waals surface area contributed by atoms with Crippen molar-refractivity contribution in [2.45, 2.75) is 44.9 Å². The molecule has 0 atom stereocenters. The number of ether oxygens (including phenoxy) is 1. The van der Waals surface area contributed by atoms with Crippen LogP contribution in [0.15, 0.2) is 24.3 Å². The molecule has 0 aliphatic heterocycles. The molecular formula is C21H26FNO3. The van der Waals surface area contributed by atoms with Gasteiger partial charge in [-0.3, -0.25) is 9.59 Å². The molecule has 5 heteroatoms. The molecule has 4 fully saturated rings. The van der Waals surface area contributed by atoms with E-state index in [0.717, 1.165) is 17.8 Å². The van der Waals surface area contributed by atoms with Crippen LogP contribution in [0.3, 0.4) is 0 Å². The summed E-state index contributed by atoms with van der Waals surface area (Å²) >= 11 is 0. The molecule has 1 amide bonds. The molecule has 0 heterocycles. The molecule has 4 aliphatic carbocycles. The highest BCUT2D eigenvalue weighted by atomic mass is 19.1. The van der Waals surface area contributed by atoms with Gasteiger partial charge in [-0.1, -0.05) is 12.1 Å². The second-order valence-electron chi connectivity index (χ2n) is 8.66. The first-order chi connectivity index (χ1) is 12.5. The van der Waals surface area contributed by atoms with Crippen molar-refractivity contribution in [2.75, 3.05) is 13.2 Å². The highest BCUT2D eigenvalue weighted by molar-refractivity contribution is 5.81. The van der Waals surface area contributed by atoms with Gasteiger partial charge in [0, 0.05) is 6.54 Å². The van der Waals surface area contributed by atoms with Crippen LogP contribution in [-0.4, -0.2) is 25.0 Å². The Bertz CT molecular complexity index is 667. The molecular weight excluding hydrogens is 333 g/mol. The summed E-state index contributed by atoms with van der Waals surface area (Å²) < 4.78 is 18.2. The van der Waals surface area contributed by atoms with Gasteiger partial charge in [-0.2, -0.15) is 0 Å². The quantitative estimate of drug-likeness (QED) is 0.794. The van der Waals surface area contributed by atoms with Crippen molar-refractivity contribution >= 4 is 11.9 Å². The number of esters is 1. The lowest BCUT2D eigenvalue weighted by atomic mass is 9.49. The molecule has 0 unspecified atom stereocenters. The van der Waals surface area contributed by atoms with Crippen molar-refractivity contribution in [3.63, 3.8) is 0 Å². The first kappa shape index (κ1) is 17.5.